The minimum Gasteiger partial charge on any atom is -0.497 e. The van der Waals surface area contributed by atoms with Crippen molar-refractivity contribution in [2.24, 2.45) is 0 Å². The minimum absolute atomic E-state index is 0.0279. The summed E-state index contributed by atoms with van der Waals surface area (Å²) in [5.41, 5.74) is 0.844. The molecule has 1 atom stereocenters. The van der Waals surface area contributed by atoms with E-state index in [2.05, 4.69) is 32.5 Å². The molecule has 4 rings (SSSR count). The highest BCUT2D eigenvalue weighted by Crippen LogP contribution is 2.28. The Hall–Kier alpha value is -2.90. The van der Waals surface area contributed by atoms with Crippen LogP contribution in [0.3, 0.4) is 0 Å². The van der Waals surface area contributed by atoms with Gasteiger partial charge in [-0.3, -0.25) is 0 Å². The number of ether oxygens (including phenoxy) is 1. The Morgan fingerprint density at radius 1 is 1.36 bits per heavy atom. The number of nitrogens with one attached hydrogen (secondary N) is 1. The molecule has 3 heterocycles. The van der Waals surface area contributed by atoms with Crippen molar-refractivity contribution in [2.45, 2.75) is 38.8 Å². The van der Waals surface area contributed by atoms with Gasteiger partial charge in [-0.25, -0.2) is 9.67 Å². The van der Waals surface area contributed by atoms with Gasteiger partial charge in [-0.15, -0.1) is 0 Å². The maximum absolute atomic E-state index is 5.37. The monoisotopic (exact) mass is 340 g/mol. The van der Waals surface area contributed by atoms with Crippen LogP contribution in [0.1, 0.15) is 37.5 Å². The number of rotatable bonds is 5. The van der Waals surface area contributed by atoms with E-state index in [-0.39, 0.29) is 6.04 Å². The standard InChI is InChI=1S/C17H20N6O2/c1-3-14-19-16-13(8-5-9-23(16)21-14)18-17-20-15(22-25-17)11-6-4-7-12(10-11)24-2/h4,6-7,10,13H,3,5,8-9H2,1-2H3,(H,18,20,22). The predicted octanol–water partition coefficient (Wildman–Crippen LogP) is 2.85. The molecule has 3 aromatic rings. The van der Waals surface area contributed by atoms with E-state index < -0.39 is 0 Å². The third-order valence-electron chi connectivity index (χ3n) is 4.29. The van der Waals surface area contributed by atoms with Gasteiger partial charge in [0.05, 0.1) is 13.2 Å². The Balaban J connectivity index is 1.55. The van der Waals surface area contributed by atoms with Gasteiger partial charge in [-0.2, -0.15) is 10.1 Å². The molecule has 8 nitrogen and oxygen atoms in total. The molecule has 0 amide bonds. The van der Waals surface area contributed by atoms with Crippen molar-refractivity contribution >= 4 is 6.01 Å². The van der Waals surface area contributed by atoms with E-state index in [1.807, 2.05) is 28.9 Å². The van der Waals surface area contributed by atoms with Crippen LogP contribution >= 0.6 is 0 Å². The number of hydrogen-bond acceptors (Lipinski definition) is 7. The Bertz CT molecular complexity index is 872. The van der Waals surface area contributed by atoms with Crippen molar-refractivity contribution in [3.05, 3.63) is 35.9 Å². The lowest BCUT2D eigenvalue weighted by Crippen LogP contribution is -2.22. The Kier molecular flexibility index (Phi) is 4.09. The molecule has 8 heteroatoms. The zero-order chi connectivity index (χ0) is 17.2. The molecule has 0 radical (unpaired) electrons. The predicted molar refractivity (Wildman–Crippen MR) is 91.3 cm³/mol. The number of fused-ring (bicyclic) bond motifs is 1. The first-order valence-corrected chi connectivity index (χ1v) is 8.45. The smallest absolute Gasteiger partial charge is 0.322 e. The molecular formula is C17H20N6O2. The third kappa shape index (κ3) is 3.07. The maximum atomic E-state index is 5.37. The van der Waals surface area contributed by atoms with Crippen LogP contribution in [-0.4, -0.2) is 32.0 Å². The fourth-order valence-corrected chi connectivity index (χ4v) is 3.00. The van der Waals surface area contributed by atoms with Crippen molar-refractivity contribution in [3.8, 4) is 17.1 Å². The summed E-state index contributed by atoms with van der Waals surface area (Å²) in [5.74, 6) is 3.08. The van der Waals surface area contributed by atoms with E-state index in [9.17, 15) is 0 Å². The topological polar surface area (TPSA) is 90.9 Å². The molecule has 2 aromatic heterocycles. The molecule has 130 valence electrons. The van der Waals surface area contributed by atoms with Crippen molar-refractivity contribution in [2.75, 3.05) is 12.4 Å². The zero-order valence-electron chi connectivity index (χ0n) is 14.3. The number of hydrogen-bond donors (Lipinski definition) is 1. The number of aromatic nitrogens is 5. The maximum Gasteiger partial charge on any atom is 0.322 e. The van der Waals surface area contributed by atoms with Crippen LogP contribution in [0, 0.1) is 0 Å². The van der Waals surface area contributed by atoms with Gasteiger partial charge in [0.25, 0.3) is 0 Å². The molecule has 0 aliphatic carbocycles. The number of aryl methyl sites for hydroxylation is 2. The molecule has 0 fully saturated rings. The first-order chi connectivity index (χ1) is 12.3. The van der Waals surface area contributed by atoms with Crippen LogP contribution < -0.4 is 10.1 Å². The first-order valence-electron chi connectivity index (χ1n) is 8.45. The molecular weight excluding hydrogens is 320 g/mol. The highest BCUT2D eigenvalue weighted by molar-refractivity contribution is 5.58. The number of anilines is 1. The van der Waals surface area contributed by atoms with E-state index in [1.165, 1.54) is 0 Å². The van der Waals surface area contributed by atoms with E-state index in [4.69, 9.17) is 9.26 Å². The Labute approximate surface area is 145 Å². The lowest BCUT2D eigenvalue weighted by atomic mass is 10.1. The first kappa shape index (κ1) is 15.6. The number of nitrogens with zero attached hydrogens (tertiary/aromatic N) is 5. The summed E-state index contributed by atoms with van der Waals surface area (Å²) in [6.07, 6.45) is 2.82. The van der Waals surface area contributed by atoms with Crippen LogP contribution in [-0.2, 0) is 13.0 Å². The van der Waals surface area contributed by atoms with Gasteiger partial charge in [-0.1, -0.05) is 24.2 Å². The van der Waals surface area contributed by atoms with Crippen LogP contribution in [0.4, 0.5) is 6.01 Å². The summed E-state index contributed by atoms with van der Waals surface area (Å²) in [5, 5.41) is 11.9. The van der Waals surface area contributed by atoms with Gasteiger partial charge in [0.2, 0.25) is 5.82 Å². The Morgan fingerprint density at radius 2 is 2.28 bits per heavy atom. The normalized spacial score (nSPS) is 16.5. The van der Waals surface area contributed by atoms with Crippen LogP contribution in [0.2, 0.25) is 0 Å². The van der Waals surface area contributed by atoms with E-state index in [0.29, 0.717) is 11.8 Å². The fraction of sp³-hybridized carbons (Fsp3) is 0.412. The fourth-order valence-electron chi connectivity index (χ4n) is 3.00. The van der Waals surface area contributed by atoms with Gasteiger partial charge in [0.1, 0.15) is 11.6 Å². The summed E-state index contributed by atoms with van der Waals surface area (Å²) in [4.78, 5) is 9.07. The minimum atomic E-state index is 0.0279. The molecule has 1 aliphatic heterocycles. The molecule has 0 saturated heterocycles. The zero-order valence-corrected chi connectivity index (χ0v) is 14.3. The SMILES string of the molecule is CCc1nc2n(n1)CCCC2Nc1nc(-c2cccc(OC)c2)no1. The van der Waals surface area contributed by atoms with Crippen molar-refractivity contribution in [1.29, 1.82) is 0 Å². The van der Waals surface area contributed by atoms with E-state index >= 15 is 0 Å². The molecule has 0 bridgehead atoms. The average molecular weight is 340 g/mol. The highest BCUT2D eigenvalue weighted by atomic mass is 16.5. The van der Waals surface area contributed by atoms with Crippen LogP contribution in [0.15, 0.2) is 28.8 Å². The van der Waals surface area contributed by atoms with Gasteiger partial charge >= 0.3 is 6.01 Å². The summed E-state index contributed by atoms with van der Waals surface area (Å²) in [6, 6.07) is 7.98. The lowest BCUT2D eigenvalue weighted by molar-refractivity contribution is 0.402. The molecule has 1 N–H and O–H groups in total. The third-order valence-corrected chi connectivity index (χ3v) is 4.29. The van der Waals surface area contributed by atoms with Crippen molar-refractivity contribution < 1.29 is 9.26 Å². The average Bonchev–Trinajstić information content (AvgIpc) is 3.29. The van der Waals surface area contributed by atoms with Gasteiger partial charge < -0.3 is 14.6 Å². The van der Waals surface area contributed by atoms with E-state index in [0.717, 1.165) is 48.8 Å². The lowest BCUT2D eigenvalue weighted by Gasteiger charge is -2.21. The molecule has 0 spiro atoms. The van der Waals surface area contributed by atoms with Crippen molar-refractivity contribution in [1.82, 2.24) is 24.9 Å². The quantitative estimate of drug-likeness (QED) is 0.763. The second-order valence-electron chi connectivity index (χ2n) is 5.96. The summed E-state index contributed by atoms with van der Waals surface area (Å²) >= 11 is 0. The van der Waals surface area contributed by atoms with Crippen LogP contribution in [0.5, 0.6) is 5.75 Å². The highest BCUT2D eigenvalue weighted by Gasteiger charge is 2.25. The van der Waals surface area contributed by atoms with Gasteiger partial charge in [0.15, 0.2) is 5.82 Å². The summed E-state index contributed by atoms with van der Waals surface area (Å²) < 4.78 is 12.6. The Morgan fingerprint density at radius 3 is 3.12 bits per heavy atom. The summed E-state index contributed by atoms with van der Waals surface area (Å²) in [6.45, 7) is 2.96. The van der Waals surface area contributed by atoms with Crippen molar-refractivity contribution in [3.63, 3.8) is 0 Å². The number of benzene rings is 1. The van der Waals surface area contributed by atoms with Gasteiger partial charge in [-0.05, 0) is 25.0 Å². The van der Waals surface area contributed by atoms with Crippen LogP contribution in [0.25, 0.3) is 11.4 Å². The van der Waals surface area contributed by atoms with E-state index in [1.54, 1.807) is 7.11 Å². The second-order valence-corrected chi connectivity index (χ2v) is 5.96. The van der Waals surface area contributed by atoms with Gasteiger partial charge in [0, 0.05) is 18.5 Å². The molecule has 25 heavy (non-hydrogen) atoms. The molecule has 1 unspecified atom stereocenters. The number of methoxy groups -OCH3 is 1. The second kappa shape index (κ2) is 6.54. The summed E-state index contributed by atoms with van der Waals surface area (Å²) in [7, 11) is 1.63. The molecule has 1 aliphatic rings. The molecule has 0 saturated carbocycles. The largest absolute Gasteiger partial charge is 0.497 e. The molecule has 1 aromatic carbocycles.